The highest BCUT2D eigenvalue weighted by molar-refractivity contribution is 7.98. The highest BCUT2D eigenvalue weighted by Gasteiger charge is 2.04. The molecule has 0 aliphatic heterocycles. The largest absolute Gasteiger partial charge is 0.351 e. The van der Waals surface area contributed by atoms with E-state index in [1.54, 1.807) is 30.4 Å². The second kappa shape index (κ2) is 5.65. The maximum atomic E-state index is 10.6. The quantitative estimate of drug-likeness (QED) is 0.832. The van der Waals surface area contributed by atoms with Crippen molar-refractivity contribution in [1.82, 2.24) is 9.97 Å². The highest BCUT2D eigenvalue weighted by atomic mass is 32.2. The molecule has 0 aliphatic carbocycles. The van der Waals surface area contributed by atoms with E-state index in [1.807, 2.05) is 12.1 Å². The first-order chi connectivity index (χ1) is 8.24. The third kappa shape index (κ3) is 3.72. The van der Waals surface area contributed by atoms with Gasteiger partial charge >= 0.3 is 6.03 Å². The van der Waals surface area contributed by atoms with Crippen LogP contribution in [-0.4, -0.2) is 16.0 Å². The van der Waals surface area contributed by atoms with Crippen LogP contribution in [0.5, 0.6) is 0 Å². The number of hydrogen-bond donors (Lipinski definition) is 2. The number of pyridine rings is 1. The van der Waals surface area contributed by atoms with Crippen LogP contribution < -0.4 is 11.1 Å². The van der Waals surface area contributed by atoms with Crippen molar-refractivity contribution in [3.63, 3.8) is 0 Å². The van der Waals surface area contributed by atoms with Crippen molar-refractivity contribution in [1.29, 1.82) is 0 Å². The third-order valence-electron chi connectivity index (χ3n) is 1.81. The standard InChI is InChI=1S/C10H10N4OS2/c11-9(15)14-10-13-5-8(17-10)6-16-7-1-3-12-4-2-7/h1-5H,6H2,(H3,11,13,14,15). The summed E-state index contributed by atoms with van der Waals surface area (Å²) in [6.07, 6.45) is 5.26. The number of carbonyl (C=O) groups is 1. The fraction of sp³-hybridized carbons (Fsp3) is 0.100. The minimum atomic E-state index is -0.590. The van der Waals surface area contributed by atoms with Crippen molar-refractivity contribution in [3.05, 3.63) is 35.6 Å². The van der Waals surface area contributed by atoms with Gasteiger partial charge in [-0.15, -0.1) is 23.1 Å². The van der Waals surface area contributed by atoms with E-state index in [0.717, 1.165) is 15.5 Å². The van der Waals surface area contributed by atoms with E-state index in [1.165, 1.54) is 11.3 Å². The maximum absolute atomic E-state index is 10.6. The summed E-state index contributed by atoms with van der Waals surface area (Å²) in [7, 11) is 0. The first-order valence-corrected chi connectivity index (χ1v) is 6.58. The zero-order valence-electron chi connectivity index (χ0n) is 8.79. The van der Waals surface area contributed by atoms with Gasteiger partial charge in [-0.1, -0.05) is 0 Å². The number of thioether (sulfide) groups is 1. The Kier molecular flexibility index (Phi) is 3.94. The van der Waals surface area contributed by atoms with E-state index in [2.05, 4.69) is 15.3 Å². The van der Waals surface area contributed by atoms with Crippen LogP contribution in [-0.2, 0) is 5.75 Å². The summed E-state index contributed by atoms with van der Waals surface area (Å²) >= 11 is 3.11. The van der Waals surface area contributed by atoms with Gasteiger partial charge in [-0.05, 0) is 12.1 Å². The van der Waals surface area contributed by atoms with E-state index in [9.17, 15) is 4.79 Å². The Bertz CT molecular complexity index is 500. The molecule has 5 nitrogen and oxygen atoms in total. The number of amides is 2. The number of nitrogens with one attached hydrogen (secondary N) is 1. The summed E-state index contributed by atoms with van der Waals surface area (Å²) in [6.45, 7) is 0. The number of urea groups is 1. The first-order valence-electron chi connectivity index (χ1n) is 4.78. The van der Waals surface area contributed by atoms with E-state index in [-0.39, 0.29) is 0 Å². The molecule has 0 aliphatic rings. The molecule has 2 amide bonds. The van der Waals surface area contributed by atoms with E-state index < -0.39 is 6.03 Å². The Balaban J connectivity index is 1.91. The SMILES string of the molecule is NC(=O)Nc1ncc(CSc2ccncc2)s1. The van der Waals surface area contributed by atoms with Gasteiger partial charge in [0.1, 0.15) is 0 Å². The lowest BCUT2D eigenvalue weighted by Crippen LogP contribution is -2.18. The number of nitrogens with zero attached hydrogens (tertiary/aromatic N) is 2. The fourth-order valence-electron chi connectivity index (χ4n) is 1.13. The first kappa shape index (κ1) is 11.9. The Morgan fingerprint density at radius 1 is 1.47 bits per heavy atom. The predicted octanol–water partition coefficient (Wildman–Crippen LogP) is 2.32. The number of rotatable bonds is 4. The van der Waals surface area contributed by atoms with Crippen molar-refractivity contribution in [2.24, 2.45) is 5.73 Å². The van der Waals surface area contributed by atoms with Gasteiger partial charge in [0.05, 0.1) is 0 Å². The summed E-state index contributed by atoms with van der Waals surface area (Å²) in [5.74, 6) is 0.808. The van der Waals surface area contributed by atoms with Crippen molar-refractivity contribution < 1.29 is 4.79 Å². The second-order valence-corrected chi connectivity index (χ2v) is 5.26. The molecule has 2 rings (SSSR count). The molecule has 0 saturated heterocycles. The zero-order chi connectivity index (χ0) is 12.1. The molecular weight excluding hydrogens is 256 g/mol. The number of carbonyl (C=O) groups excluding carboxylic acids is 1. The maximum Gasteiger partial charge on any atom is 0.318 e. The minimum absolute atomic E-state index is 0.530. The Morgan fingerprint density at radius 3 is 2.94 bits per heavy atom. The third-order valence-corrected chi connectivity index (χ3v) is 3.97. The Labute approximate surface area is 106 Å². The van der Waals surface area contributed by atoms with Gasteiger partial charge in [0, 0.05) is 34.1 Å². The number of hydrogen-bond acceptors (Lipinski definition) is 5. The topological polar surface area (TPSA) is 80.9 Å². The average Bonchev–Trinajstić information content (AvgIpc) is 2.75. The van der Waals surface area contributed by atoms with Crippen LogP contribution in [0.3, 0.4) is 0 Å². The molecule has 0 saturated carbocycles. The highest BCUT2D eigenvalue weighted by Crippen LogP contribution is 2.26. The molecule has 0 spiro atoms. The van der Waals surface area contributed by atoms with Gasteiger partial charge in [0.25, 0.3) is 0 Å². The van der Waals surface area contributed by atoms with Crippen molar-refractivity contribution in [3.8, 4) is 0 Å². The normalized spacial score (nSPS) is 10.1. The molecule has 88 valence electrons. The van der Waals surface area contributed by atoms with Crippen LogP contribution >= 0.6 is 23.1 Å². The van der Waals surface area contributed by atoms with Gasteiger partial charge in [0.2, 0.25) is 0 Å². The zero-order valence-corrected chi connectivity index (χ0v) is 10.4. The Morgan fingerprint density at radius 2 is 2.24 bits per heavy atom. The number of primary amides is 1. The van der Waals surface area contributed by atoms with Gasteiger partial charge in [-0.25, -0.2) is 9.78 Å². The van der Waals surface area contributed by atoms with Crippen LogP contribution in [0, 0.1) is 0 Å². The molecule has 2 heterocycles. The molecule has 2 aromatic rings. The molecule has 2 aromatic heterocycles. The average molecular weight is 266 g/mol. The number of thiazole rings is 1. The lowest BCUT2D eigenvalue weighted by Gasteiger charge is -1.97. The molecule has 0 unspecified atom stereocenters. The molecule has 17 heavy (non-hydrogen) atoms. The predicted molar refractivity (Wildman–Crippen MR) is 69.1 cm³/mol. The van der Waals surface area contributed by atoms with E-state index in [4.69, 9.17) is 5.73 Å². The second-order valence-electron chi connectivity index (χ2n) is 3.09. The van der Waals surface area contributed by atoms with E-state index in [0.29, 0.717) is 5.13 Å². The molecule has 3 N–H and O–H groups in total. The van der Waals surface area contributed by atoms with Gasteiger partial charge in [0.15, 0.2) is 5.13 Å². The van der Waals surface area contributed by atoms with Crippen molar-refractivity contribution in [2.45, 2.75) is 10.6 Å². The van der Waals surface area contributed by atoms with Crippen molar-refractivity contribution in [2.75, 3.05) is 5.32 Å². The molecule has 0 bridgehead atoms. The van der Waals surface area contributed by atoms with Gasteiger partial charge < -0.3 is 5.73 Å². The fourth-order valence-corrected chi connectivity index (χ4v) is 2.85. The molecule has 0 aromatic carbocycles. The van der Waals surface area contributed by atoms with Crippen LogP contribution in [0.2, 0.25) is 0 Å². The van der Waals surface area contributed by atoms with Gasteiger partial charge in [-0.2, -0.15) is 0 Å². The summed E-state index contributed by atoms with van der Waals surface area (Å²) in [5.41, 5.74) is 5.00. The van der Waals surface area contributed by atoms with E-state index >= 15 is 0 Å². The van der Waals surface area contributed by atoms with Crippen LogP contribution in [0.15, 0.2) is 35.6 Å². The Hall–Kier alpha value is -1.60. The molecule has 0 fully saturated rings. The summed E-state index contributed by atoms with van der Waals surface area (Å²) < 4.78 is 0. The summed E-state index contributed by atoms with van der Waals surface area (Å²) in [6, 6.07) is 3.32. The lowest BCUT2D eigenvalue weighted by molar-refractivity contribution is 0.259. The van der Waals surface area contributed by atoms with Crippen molar-refractivity contribution >= 4 is 34.3 Å². The van der Waals surface area contributed by atoms with Crippen LogP contribution in [0.25, 0.3) is 0 Å². The number of anilines is 1. The molecule has 0 radical (unpaired) electrons. The summed E-state index contributed by atoms with van der Waals surface area (Å²) in [5, 5.41) is 2.98. The van der Waals surface area contributed by atoms with Crippen LogP contribution in [0.4, 0.5) is 9.93 Å². The number of aromatic nitrogens is 2. The van der Waals surface area contributed by atoms with Gasteiger partial charge in [-0.3, -0.25) is 10.3 Å². The molecule has 0 atom stereocenters. The molecular formula is C10H10N4OS2. The monoisotopic (exact) mass is 266 g/mol. The molecule has 7 heteroatoms. The summed E-state index contributed by atoms with van der Waals surface area (Å²) in [4.78, 5) is 20.9. The smallest absolute Gasteiger partial charge is 0.318 e. The lowest BCUT2D eigenvalue weighted by atomic mass is 10.5. The number of nitrogens with two attached hydrogens (primary N) is 1. The minimum Gasteiger partial charge on any atom is -0.351 e. The van der Waals surface area contributed by atoms with Crippen LogP contribution in [0.1, 0.15) is 4.88 Å².